The highest BCUT2D eigenvalue weighted by Gasteiger charge is 2.15. The topological polar surface area (TPSA) is 73.8 Å². The van der Waals surface area contributed by atoms with Crippen LogP contribution in [0.5, 0.6) is 0 Å². The number of benzene rings is 1. The van der Waals surface area contributed by atoms with E-state index in [2.05, 4.69) is 11.4 Å². The molecule has 1 rings (SSSR count). The van der Waals surface area contributed by atoms with E-state index in [0.29, 0.717) is 6.54 Å². The Labute approximate surface area is 111 Å². The van der Waals surface area contributed by atoms with Gasteiger partial charge in [0.05, 0.1) is 0 Å². The Morgan fingerprint density at radius 1 is 1.26 bits per heavy atom. The van der Waals surface area contributed by atoms with E-state index in [-0.39, 0.29) is 24.5 Å². The molecule has 0 spiro atoms. The number of amides is 1. The van der Waals surface area contributed by atoms with E-state index in [4.69, 9.17) is 5.53 Å². The van der Waals surface area contributed by atoms with Crippen LogP contribution in [-0.2, 0) is 9.59 Å². The highest BCUT2D eigenvalue weighted by Crippen LogP contribution is 2.14. The predicted octanol–water partition coefficient (Wildman–Crippen LogP) is 1.86. The van der Waals surface area contributed by atoms with Gasteiger partial charge in [0, 0.05) is 25.1 Å². The Balaban J connectivity index is 2.71. The summed E-state index contributed by atoms with van der Waals surface area (Å²) in [6, 6.07) is 9.17. The van der Waals surface area contributed by atoms with Gasteiger partial charge in [-0.25, -0.2) is 0 Å². The van der Waals surface area contributed by atoms with Gasteiger partial charge in [0.25, 0.3) is 0 Å². The van der Waals surface area contributed by atoms with Gasteiger partial charge in [-0.1, -0.05) is 24.3 Å². The summed E-state index contributed by atoms with van der Waals surface area (Å²) in [6.07, 6.45) is 2.51. The van der Waals surface area contributed by atoms with Crippen LogP contribution in [0.2, 0.25) is 0 Å². The Hall–Kier alpha value is -2.52. The SMILES string of the molecule is C=CCN(C(=O)CCC(=O)C=[N+]=[N-])c1ccccc1. The molecular formula is C14H15N3O2. The predicted molar refractivity (Wildman–Crippen MR) is 72.9 cm³/mol. The highest BCUT2D eigenvalue weighted by atomic mass is 16.2. The standard InChI is InChI=1S/C14H15N3O2/c1-2-10-17(12-6-4-3-5-7-12)14(19)9-8-13(18)11-16-15/h2-7,11H,1,8-10H2. The minimum atomic E-state index is -0.387. The molecule has 1 aromatic carbocycles. The molecule has 0 unspecified atom stereocenters. The number of Topliss-reactive ketones (excluding diaryl/α,β-unsaturated/α-hetero) is 1. The van der Waals surface area contributed by atoms with Crippen molar-refractivity contribution in [2.75, 3.05) is 11.4 Å². The maximum Gasteiger partial charge on any atom is 0.323 e. The van der Waals surface area contributed by atoms with Crippen molar-refractivity contribution in [3.63, 3.8) is 0 Å². The first kappa shape index (κ1) is 14.5. The first-order valence-electron chi connectivity index (χ1n) is 5.85. The lowest BCUT2D eigenvalue weighted by molar-refractivity contribution is -0.122. The second kappa shape index (κ2) is 7.74. The van der Waals surface area contributed by atoms with Crippen molar-refractivity contribution in [2.45, 2.75) is 12.8 Å². The van der Waals surface area contributed by atoms with Crippen molar-refractivity contribution in [3.8, 4) is 0 Å². The Kier molecular flexibility index (Phi) is 5.92. The van der Waals surface area contributed by atoms with E-state index in [1.165, 1.54) is 0 Å². The molecule has 0 saturated heterocycles. The zero-order valence-corrected chi connectivity index (χ0v) is 10.5. The number of carbonyl (C=O) groups excluding carboxylic acids is 2. The Morgan fingerprint density at radius 3 is 2.53 bits per heavy atom. The average Bonchev–Trinajstić information content (AvgIpc) is 2.43. The summed E-state index contributed by atoms with van der Waals surface area (Å²) >= 11 is 0. The molecule has 5 nitrogen and oxygen atoms in total. The molecule has 0 N–H and O–H groups in total. The molecule has 1 amide bonds. The van der Waals surface area contributed by atoms with E-state index in [0.717, 1.165) is 11.9 Å². The molecular weight excluding hydrogens is 242 g/mol. The summed E-state index contributed by atoms with van der Waals surface area (Å²) in [6.45, 7) is 4.00. The Bertz CT molecular complexity index is 505. The van der Waals surface area contributed by atoms with Crippen LogP contribution in [0.4, 0.5) is 5.69 Å². The van der Waals surface area contributed by atoms with Crippen LogP contribution in [-0.4, -0.2) is 29.2 Å². The molecule has 0 aliphatic heterocycles. The van der Waals surface area contributed by atoms with Crippen LogP contribution in [0.3, 0.4) is 0 Å². The van der Waals surface area contributed by atoms with E-state index in [9.17, 15) is 9.59 Å². The number of carbonyl (C=O) groups is 2. The summed E-state index contributed by atoms with van der Waals surface area (Å²) in [4.78, 5) is 27.4. The number of rotatable bonds is 7. The summed E-state index contributed by atoms with van der Waals surface area (Å²) in [7, 11) is 0. The minimum absolute atomic E-state index is 0.0172. The highest BCUT2D eigenvalue weighted by molar-refractivity contribution is 6.25. The van der Waals surface area contributed by atoms with Gasteiger partial charge in [-0.15, -0.1) is 6.58 Å². The normalized spacial score (nSPS) is 9.26. The first-order chi connectivity index (χ1) is 9.19. The molecule has 0 heterocycles. The van der Waals surface area contributed by atoms with Gasteiger partial charge in [0.2, 0.25) is 11.7 Å². The molecule has 0 fully saturated rings. The zero-order chi connectivity index (χ0) is 14.1. The molecule has 0 radical (unpaired) electrons. The average molecular weight is 257 g/mol. The monoisotopic (exact) mass is 257 g/mol. The second-order valence-electron chi connectivity index (χ2n) is 3.84. The third kappa shape index (κ3) is 4.69. The maximum atomic E-state index is 12.1. The van der Waals surface area contributed by atoms with Crippen LogP contribution in [0.1, 0.15) is 12.8 Å². The maximum absolute atomic E-state index is 12.1. The molecule has 0 aromatic heterocycles. The van der Waals surface area contributed by atoms with Gasteiger partial charge in [-0.2, -0.15) is 4.79 Å². The van der Waals surface area contributed by atoms with Gasteiger partial charge >= 0.3 is 6.21 Å². The van der Waals surface area contributed by atoms with Gasteiger partial charge < -0.3 is 10.4 Å². The number of nitrogens with zero attached hydrogens (tertiary/aromatic N) is 3. The molecule has 19 heavy (non-hydrogen) atoms. The molecule has 0 atom stereocenters. The lowest BCUT2D eigenvalue weighted by Crippen LogP contribution is -2.31. The molecule has 5 heteroatoms. The van der Waals surface area contributed by atoms with E-state index in [1.807, 2.05) is 30.3 Å². The first-order valence-corrected chi connectivity index (χ1v) is 5.85. The van der Waals surface area contributed by atoms with Gasteiger partial charge in [-0.3, -0.25) is 9.59 Å². The third-order valence-electron chi connectivity index (χ3n) is 2.47. The van der Waals surface area contributed by atoms with Crippen molar-refractivity contribution in [3.05, 3.63) is 48.5 Å². The summed E-state index contributed by atoms with van der Waals surface area (Å²) in [5.74, 6) is -0.562. The van der Waals surface area contributed by atoms with Crippen molar-refractivity contribution in [2.24, 2.45) is 0 Å². The van der Waals surface area contributed by atoms with Gasteiger partial charge in [0.1, 0.15) is 0 Å². The second-order valence-corrected chi connectivity index (χ2v) is 3.84. The molecule has 1 aromatic rings. The zero-order valence-electron chi connectivity index (χ0n) is 10.5. The van der Waals surface area contributed by atoms with Crippen molar-refractivity contribution >= 4 is 23.6 Å². The van der Waals surface area contributed by atoms with E-state index in [1.54, 1.807) is 11.0 Å². The largest absolute Gasteiger partial charge is 0.361 e. The fraction of sp³-hybridized carbons (Fsp3) is 0.214. The van der Waals surface area contributed by atoms with Crippen LogP contribution >= 0.6 is 0 Å². The number of hydrogen-bond donors (Lipinski definition) is 0. The van der Waals surface area contributed by atoms with E-state index < -0.39 is 0 Å². The van der Waals surface area contributed by atoms with Gasteiger partial charge in [0.15, 0.2) is 0 Å². The number of ketones is 1. The fourth-order valence-electron chi connectivity index (χ4n) is 1.58. The van der Waals surface area contributed by atoms with Crippen LogP contribution in [0.15, 0.2) is 43.0 Å². The third-order valence-corrected chi connectivity index (χ3v) is 2.47. The lowest BCUT2D eigenvalue weighted by atomic mass is 10.2. The summed E-state index contributed by atoms with van der Waals surface area (Å²) < 4.78 is 0. The van der Waals surface area contributed by atoms with Crippen molar-refractivity contribution in [1.29, 1.82) is 0 Å². The van der Waals surface area contributed by atoms with Crippen molar-refractivity contribution in [1.82, 2.24) is 0 Å². The van der Waals surface area contributed by atoms with E-state index >= 15 is 0 Å². The number of anilines is 1. The van der Waals surface area contributed by atoms with Crippen LogP contribution < -0.4 is 4.90 Å². The molecule has 98 valence electrons. The quantitative estimate of drug-likeness (QED) is 0.323. The van der Waals surface area contributed by atoms with Gasteiger partial charge in [-0.05, 0) is 12.1 Å². The number of hydrogen-bond acceptors (Lipinski definition) is 2. The smallest absolute Gasteiger partial charge is 0.323 e. The van der Waals surface area contributed by atoms with Crippen LogP contribution in [0.25, 0.3) is 5.53 Å². The lowest BCUT2D eigenvalue weighted by Gasteiger charge is -2.20. The minimum Gasteiger partial charge on any atom is -0.361 e. The molecule has 0 saturated carbocycles. The Morgan fingerprint density at radius 2 is 1.95 bits per heavy atom. The van der Waals surface area contributed by atoms with Crippen LogP contribution in [0, 0.1) is 0 Å². The fourth-order valence-corrected chi connectivity index (χ4v) is 1.58. The molecule has 0 bridgehead atoms. The molecule has 0 aliphatic carbocycles. The summed E-state index contributed by atoms with van der Waals surface area (Å²) in [5.41, 5.74) is 8.97. The van der Waals surface area contributed by atoms with Crippen molar-refractivity contribution < 1.29 is 14.4 Å². The summed E-state index contributed by atoms with van der Waals surface area (Å²) in [5, 5.41) is 0. The molecule has 0 aliphatic rings. The number of para-hydroxylation sites is 1.